The molecule has 3 rings (SSSR count). The first-order valence-electron chi connectivity index (χ1n) is 9.44. The Morgan fingerprint density at radius 2 is 1.70 bits per heavy atom. The second-order valence-electron chi connectivity index (χ2n) is 7.70. The van der Waals surface area contributed by atoms with Crippen molar-refractivity contribution in [1.29, 1.82) is 0 Å². The molecular formula is C18H34ClN3O. The minimum atomic E-state index is 0. The zero-order valence-electron chi connectivity index (χ0n) is 14.6. The number of likely N-dealkylation sites (N-methyl/N-ethyl adjacent to an activating group) is 1. The highest BCUT2D eigenvalue weighted by Gasteiger charge is 2.27. The van der Waals surface area contributed by atoms with Crippen LogP contribution in [0.2, 0.25) is 0 Å². The number of halogens is 1. The molecule has 0 radical (unpaired) electrons. The number of carbonyl (C=O) groups excluding carboxylic acids is 1. The first kappa shape index (κ1) is 19.0. The Morgan fingerprint density at radius 1 is 1.04 bits per heavy atom. The lowest BCUT2D eigenvalue weighted by Gasteiger charge is -2.35. The quantitative estimate of drug-likeness (QED) is 0.805. The smallest absolute Gasteiger partial charge is 0.236 e. The van der Waals surface area contributed by atoms with Crippen molar-refractivity contribution in [3.63, 3.8) is 0 Å². The van der Waals surface area contributed by atoms with Crippen molar-refractivity contribution >= 4 is 18.3 Å². The van der Waals surface area contributed by atoms with Crippen molar-refractivity contribution in [1.82, 2.24) is 15.1 Å². The number of hydrogen-bond donors (Lipinski definition) is 1. The zero-order chi connectivity index (χ0) is 15.4. The molecule has 0 aromatic rings. The fraction of sp³-hybridized carbons (Fsp3) is 0.944. The van der Waals surface area contributed by atoms with Gasteiger partial charge in [0.05, 0.1) is 6.54 Å². The Bertz CT molecular complexity index is 361. The largest absolute Gasteiger partial charge is 0.342 e. The van der Waals surface area contributed by atoms with Crippen LogP contribution in [-0.2, 0) is 4.79 Å². The first-order chi connectivity index (χ1) is 10.7. The molecule has 3 fully saturated rings. The van der Waals surface area contributed by atoms with Crippen LogP contribution in [-0.4, -0.2) is 61.0 Å². The lowest BCUT2D eigenvalue weighted by molar-refractivity contribution is -0.134. The third-order valence-electron chi connectivity index (χ3n) is 5.85. The van der Waals surface area contributed by atoms with Gasteiger partial charge in [-0.15, -0.1) is 12.4 Å². The molecule has 1 saturated heterocycles. The summed E-state index contributed by atoms with van der Waals surface area (Å²) in [4.78, 5) is 16.9. The van der Waals surface area contributed by atoms with Gasteiger partial charge in [-0.05, 0) is 51.0 Å². The third-order valence-corrected chi connectivity index (χ3v) is 5.85. The van der Waals surface area contributed by atoms with E-state index in [0.29, 0.717) is 24.5 Å². The van der Waals surface area contributed by atoms with E-state index in [-0.39, 0.29) is 12.4 Å². The molecule has 23 heavy (non-hydrogen) atoms. The van der Waals surface area contributed by atoms with E-state index in [1.165, 1.54) is 64.3 Å². The van der Waals surface area contributed by atoms with Gasteiger partial charge in [-0.25, -0.2) is 0 Å². The van der Waals surface area contributed by atoms with Gasteiger partial charge in [0.1, 0.15) is 0 Å². The van der Waals surface area contributed by atoms with E-state index in [1.807, 2.05) is 11.9 Å². The van der Waals surface area contributed by atoms with E-state index in [9.17, 15) is 4.79 Å². The minimum Gasteiger partial charge on any atom is -0.342 e. The summed E-state index contributed by atoms with van der Waals surface area (Å²) >= 11 is 0. The van der Waals surface area contributed by atoms with E-state index >= 15 is 0 Å². The molecule has 134 valence electrons. The summed E-state index contributed by atoms with van der Waals surface area (Å²) in [5.41, 5.74) is 0. The zero-order valence-corrected chi connectivity index (χ0v) is 15.5. The molecule has 1 aliphatic heterocycles. The molecule has 2 aliphatic carbocycles. The van der Waals surface area contributed by atoms with E-state index < -0.39 is 0 Å². The molecule has 4 nitrogen and oxygen atoms in total. The minimum absolute atomic E-state index is 0. The van der Waals surface area contributed by atoms with Gasteiger partial charge in [-0.1, -0.05) is 19.3 Å². The summed E-state index contributed by atoms with van der Waals surface area (Å²) in [5.74, 6) is 1.29. The topological polar surface area (TPSA) is 35.6 Å². The molecule has 0 aromatic carbocycles. The standard InChI is InChI=1S/C18H33N3O.ClH/c1-20(17-5-3-2-4-6-17)18(22)14-21-11-9-16(10-12-21)19-13-15-7-8-15;/h15-17,19H,2-14H2,1H3;1H. The van der Waals surface area contributed by atoms with Crippen molar-refractivity contribution in [3.05, 3.63) is 0 Å². The number of hydrogen-bond acceptors (Lipinski definition) is 3. The van der Waals surface area contributed by atoms with Crippen molar-refractivity contribution in [2.75, 3.05) is 33.2 Å². The molecule has 5 heteroatoms. The Morgan fingerprint density at radius 3 is 2.30 bits per heavy atom. The summed E-state index contributed by atoms with van der Waals surface area (Å²) in [6, 6.07) is 1.18. The number of amides is 1. The molecule has 3 aliphatic rings. The molecule has 0 aromatic heterocycles. The fourth-order valence-corrected chi connectivity index (χ4v) is 3.93. The Hall–Kier alpha value is -0.320. The van der Waals surface area contributed by atoms with Crippen LogP contribution in [0.3, 0.4) is 0 Å². The summed E-state index contributed by atoms with van der Waals surface area (Å²) in [6.45, 7) is 4.00. The molecular weight excluding hydrogens is 310 g/mol. The Balaban J connectivity index is 0.00000192. The average molecular weight is 344 g/mol. The van der Waals surface area contributed by atoms with Crippen molar-refractivity contribution in [2.45, 2.75) is 69.9 Å². The van der Waals surface area contributed by atoms with Crippen molar-refractivity contribution in [2.24, 2.45) is 5.92 Å². The molecule has 1 N–H and O–H groups in total. The molecule has 0 atom stereocenters. The molecule has 2 saturated carbocycles. The average Bonchev–Trinajstić information content (AvgIpc) is 3.38. The van der Waals surface area contributed by atoms with Crippen LogP contribution in [0, 0.1) is 5.92 Å². The van der Waals surface area contributed by atoms with Crippen LogP contribution in [0.4, 0.5) is 0 Å². The number of carbonyl (C=O) groups is 1. The van der Waals surface area contributed by atoms with Crippen LogP contribution >= 0.6 is 12.4 Å². The van der Waals surface area contributed by atoms with Gasteiger partial charge in [0.2, 0.25) is 5.91 Å². The maximum absolute atomic E-state index is 12.5. The predicted octanol–water partition coefficient (Wildman–Crippen LogP) is 2.66. The lowest BCUT2D eigenvalue weighted by Crippen LogP contribution is -2.48. The second-order valence-corrected chi connectivity index (χ2v) is 7.70. The van der Waals surface area contributed by atoms with Gasteiger partial charge in [0, 0.05) is 32.2 Å². The van der Waals surface area contributed by atoms with Crippen LogP contribution < -0.4 is 5.32 Å². The maximum atomic E-state index is 12.5. The number of piperidine rings is 1. The summed E-state index contributed by atoms with van der Waals surface area (Å²) < 4.78 is 0. The highest BCUT2D eigenvalue weighted by molar-refractivity contribution is 5.85. The molecule has 0 unspecified atom stereocenters. The van der Waals surface area contributed by atoms with Gasteiger partial charge in [-0.2, -0.15) is 0 Å². The van der Waals surface area contributed by atoms with E-state index in [2.05, 4.69) is 10.2 Å². The summed E-state index contributed by atoms with van der Waals surface area (Å²) in [7, 11) is 2.02. The highest BCUT2D eigenvalue weighted by Crippen LogP contribution is 2.28. The molecule has 0 spiro atoms. The SMILES string of the molecule is CN(C(=O)CN1CCC(NCC2CC2)CC1)C1CCCCC1.Cl. The van der Waals surface area contributed by atoms with Gasteiger partial charge in [0.15, 0.2) is 0 Å². The Kier molecular flexibility index (Phi) is 7.64. The number of nitrogens with zero attached hydrogens (tertiary/aromatic N) is 2. The van der Waals surface area contributed by atoms with Crippen LogP contribution in [0.25, 0.3) is 0 Å². The van der Waals surface area contributed by atoms with E-state index in [0.717, 1.165) is 19.0 Å². The molecule has 1 heterocycles. The molecule has 1 amide bonds. The van der Waals surface area contributed by atoms with Gasteiger partial charge < -0.3 is 10.2 Å². The van der Waals surface area contributed by atoms with Crippen LogP contribution in [0.15, 0.2) is 0 Å². The third kappa shape index (κ3) is 5.91. The first-order valence-corrected chi connectivity index (χ1v) is 9.44. The monoisotopic (exact) mass is 343 g/mol. The van der Waals surface area contributed by atoms with Gasteiger partial charge in [0.25, 0.3) is 0 Å². The number of likely N-dealkylation sites (tertiary alicyclic amines) is 1. The van der Waals surface area contributed by atoms with Crippen molar-refractivity contribution < 1.29 is 4.79 Å². The van der Waals surface area contributed by atoms with Gasteiger partial charge in [-0.3, -0.25) is 9.69 Å². The fourth-order valence-electron chi connectivity index (χ4n) is 3.93. The van der Waals surface area contributed by atoms with E-state index in [1.54, 1.807) is 0 Å². The predicted molar refractivity (Wildman–Crippen MR) is 97.1 cm³/mol. The molecule has 0 bridgehead atoms. The number of nitrogens with one attached hydrogen (secondary N) is 1. The number of rotatable bonds is 6. The maximum Gasteiger partial charge on any atom is 0.236 e. The summed E-state index contributed by atoms with van der Waals surface area (Å²) in [5, 5.41) is 3.71. The van der Waals surface area contributed by atoms with Crippen LogP contribution in [0.1, 0.15) is 57.8 Å². The van der Waals surface area contributed by atoms with Gasteiger partial charge >= 0.3 is 0 Å². The lowest BCUT2D eigenvalue weighted by atomic mass is 9.94. The summed E-state index contributed by atoms with van der Waals surface area (Å²) in [6.07, 6.45) is 11.6. The van der Waals surface area contributed by atoms with Crippen molar-refractivity contribution in [3.8, 4) is 0 Å². The van der Waals surface area contributed by atoms with E-state index in [4.69, 9.17) is 0 Å². The normalized spacial score (nSPS) is 24.2. The highest BCUT2D eigenvalue weighted by atomic mass is 35.5. The second kappa shape index (κ2) is 9.24. The van der Waals surface area contributed by atoms with Crippen LogP contribution in [0.5, 0.6) is 0 Å². The Labute approximate surface area is 147 Å².